The highest BCUT2D eigenvalue weighted by molar-refractivity contribution is 6.35. The van der Waals surface area contributed by atoms with Crippen LogP contribution in [0.1, 0.15) is 10.5 Å². The molecule has 0 radical (unpaired) electrons. The third-order valence-corrected chi connectivity index (χ3v) is 2.90. The van der Waals surface area contributed by atoms with E-state index in [1.54, 1.807) is 6.07 Å². The average Bonchev–Trinajstić information content (AvgIpc) is 2.44. The molecule has 5 nitrogen and oxygen atoms in total. The predicted octanol–water partition coefficient (Wildman–Crippen LogP) is 1.36. The fraction of sp³-hybridized carbons (Fsp3) is 0.154. The molecule has 0 saturated carbocycles. The first kappa shape index (κ1) is 13.3. The highest BCUT2D eigenvalue weighted by Gasteiger charge is 2.11. The standard InChI is InChI=1S/C13H12ClN3O2/c1-15-12(18)7-16-13(19)11-6-9(14)8-4-2-3-5-10(8)17-11/h2-6H,7H2,1H3,(H,15,18)(H,16,19). The Labute approximate surface area is 115 Å². The Bertz CT molecular complexity index is 643. The van der Waals surface area contributed by atoms with E-state index in [0.29, 0.717) is 10.5 Å². The third kappa shape index (κ3) is 3.00. The Kier molecular flexibility index (Phi) is 3.97. The number of aromatic nitrogens is 1. The molecule has 0 aliphatic rings. The van der Waals surface area contributed by atoms with Crippen molar-refractivity contribution in [1.82, 2.24) is 15.6 Å². The fourth-order valence-corrected chi connectivity index (χ4v) is 1.85. The summed E-state index contributed by atoms with van der Waals surface area (Å²) in [6, 6.07) is 8.76. The average molecular weight is 278 g/mol. The quantitative estimate of drug-likeness (QED) is 0.890. The van der Waals surface area contributed by atoms with Gasteiger partial charge in [0, 0.05) is 12.4 Å². The van der Waals surface area contributed by atoms with E-state index in [9.17, 15) is 9.59 Å². The number of nitrogens with one attached hydrogen (secondary N) is 2. The number of benzene rings is 1. The molecule has 1 heterocycles. The van der Waals surface area contributed by atoms with Crippen LogP contribution in [-0.4, -0.2) is 30.4 Å². The maximum Gasteiger partial charge on any atom is 0.270 e. The van der Waals surface area contributed by atoms with Gasteiger partial charge < -0.3 is 10.6 Å². The molecule has 0 aliphatic carbocycles. The molecule has 0 unspecified atom stereocenters. The van der Waals surface area contributed by atoms with Crippen LogP contribution < -0.4 is 10.6 Å². The van der Waals surface area contributed by atoms with E-state index < -0.39 is 5.91 Å². The number of fused-ring (bicyclic) bond motifs is 1. The van der Waals surface area contributed by atoms with Gasteiger partial charge in [-0.2, -0.15) is 0 Å². The second-order valence-electron chi connectivity index (χ2n) is 3.86. The topological polar surface area (TPSA) is 71.1 Å². The second-order valence-corrected chi connectivity index (χ2v) is 4.27. The normalized spacial score (nSPS) is 10.2. The number of carbonyl (C=O) groups excluding carboxylic acids is 2. The van der Waals surface area contributed by atoms with Gasteiger partial charge in [0.2, 0.25) is 5.91 Å². The summed E-state index contributed by atoms with van der Waals surface area (Å²) in [7, 11) is 1.50. The molecule has 6 heteroatoms. The number of hydrogen-bond donors (Lipinski definition) is 2. The van der Waals surface area contributed by atoms with Crippen molar-refractivity contribution in [1.29, 1.82) is 0 Å². The lowest BCUT2D eigenvalue weighted by Crippen LogP contribution is -2.35. The molecule has 1 aromatic carbocycles. The van der Waals surface area contributed by atoms with Gasteiger partial charge in [0.05, 0.1) is 17.1 Å². The monoisotopic (exact) mass is 277 g/mol. The molecule has 2 N–H and O–H groups in total. The molecule has 0 aliphatic heterocycles. The first-order valence-electron chi connectivity index (χ1n) is 5.66. The largest absolute Gasteiger partial charge is 0.358 e. The summed E-state index contributed by atoms with van der Waals surface area (Å²) in [5, 5.41) is 6.12. The second kappa shape index (κ2) is 5.67. The van der Waals surface area contributed by atoms with Crippen LogP contribution in [-0.2, 0) is 4.79 Å². The van der Waals surface area contributed by atoms with E-state index in [4.69, 9.17) is 11.6 Å². The van der Waals surface area contributed by atoms with Crippen molar-refractivity contribution >= 4 is 34.3 Å². The van der Waals surface area contributed by atoms with Crippen LogP contribution in [0.5, 0.6) is 0 Å². The van der Waals surface area contributed by atoms with Crippen LogP contribution in [0.3, 0.4) is 0 Å². The Balaban J connectivity index is 2.25. The van der Waals surface area contributed by atoms with Gasteiger partial charge in [0.15, 0.2) is 0 Å². The smallest absolute Gasteiger partial charge is 0.270 e. The molecular weight excluding hydrogens is 266 g/mol. The summed E-state index contributed by atoms with van der Waals surface area (Å²) in [5.74, 6) is -0.712. The van der Waals surface area contributed by atoms with Crippen LogP contribution >= 0.6 is 11.6 Å². The lowest BCUT2D eigenvalue weighted by Gasteiger charge is -2.06. The van der Waals surface area contributed by atoms with Crippen molar-refractivity contribution in [2.45, 2.75) is 0 Å². The van der Waals surface area contributed by atoms with Crippen molar-refractivity contribution in [3.8, 4) is 0 Å². The minimum absolute atomic E-state index is 0.0958. The van der Waals surface area contributed by atoms with E-state index in [1.807, 2.05) is 18.2 Å². The summed E-state index contributed by atoms with van der Waals surface area (Å²) in [6.07, 6.45) is 0. The molecule has 0 atom stereocenters. The fourth-order valence-electron chi connectivity index (χ4n) is 1.59. The number of nitrogens with zero attached hydrogens (tertiary/aromatic N) is 1. The van der Waals surface area contributed by atoms with E-state index in [2.05, 4.69) is 15.6 Å². The van der Waals surface area contributed by atoms with Crippen molar-refractivity contribution in [2.24, 2.45) is 0 Å². The zero-order valence-corrected chi connectivity index (χ0v) is 11.0. The molecular formula is C13H12ClN3O2. The summed E-state index contributed by atoms with van der Waals surface area (Å²) in [6.45, 7) is -0.0958. The number of para-hydroxylation sites is 1. The summed E-state index contributed by atoms with van der Waals surface area (Å²) in [4.78, 5) is 27.1. The van der Waals surface area contributed by atoms with Crippen LogP contribution in [0, 0.1) is 0 Å². The molecule has 2 aromatic rings. The number of halogens is 1. The van der Waals surface area contributed by atoms with Gasteiger partial charge in [0.1, 0.15) is 5.69 Å². The minimum Gasteiger partial charge on any atom is -0.358 e. The number of pyridine rings is 1. The van der Waals surface area contributed by atoms with Crippen molar-refractivity contribution in [3.63, 3.8) is 0 Å². The van der Waals surface area contributed by atoms with Gasteiger partial charge in [-0.05, 0) is 12.1 Å². The summed E-state index contributed by atoms with van der Waals surface area (Å²) in [5.41, 5.74) is 0.827. The molecule has 2 amide bonds. The van der Waals surface area contributed by atoms with Gasteiger partial charge in [-0.1, -0.05) is 29.8 Å². The van der Waals surface area contributed by atoms with Crippen molar-refractivity contribution in [2.75, 3.05) is 13.6 Å². The molecule has 0 fully saturated rings. The summed E-state index contributed by atoms with van der Waals surface area (Å²) < 4.78 is 0. The number of hydrogen-bond acceptors (Lipinski definition) is 3. The van der Waals surface area contributed by atoms with E-state index in [-0.39, 0.29) is 18.1 Å². The highest BCUT2D eigenvalue weighted by Crippen LogP contribution is 2.22. The van der Waals surface area contributed by atoms with Gasteiger partial charge in [0.25, 0.3) is 5.91 Å². The van der Waals surface area contributed by atoms with Crippen LogP contribution in [0.15, 0.2) is 30.3 Å². The van der Waals surface area contributed by atoms with E-state index in [1.165, 1.54) is 13.1 Å². The lowest BCUT2D eigenvalue weighted by molar-refractivity contribution is -0.119. The molecule has 2 rings (SSSR count). The zero-order chi connectivity index (χ0) is 13.8. The third-order valence-electron chi connectivity index (χ3n) is 2.59. The molecule has 1 aromatic heterocycles. The Morgan fingerprint density at radius 1 is 1.32 bits per heavy atom. The highest BCUT2D eigenvalue weighted by atomic mass is 35.5. The molecule has 19 heavy (non-hydrogen) atoms. The van der Waals surface area contributed by atoms with Crippen LogP contribution in [0.4, 0.5) is 0 Å². The predicted molar refractivity (Wildman–Crippen MR) is 73.2 cm³/mol. The van der Waals surface area contributed by atoms with Crippen LogP contribution in [0.25, 0.3) is 10.9 Å². The first-order valence-corrected chi connectivity index (χ1v) is 6.03. The molecule has 0 bridgehead atoms. The van der Waals surface area contributed by atoms with E-state index in [0.717, 1.165) is 5.39 Å². The van der Waals surface area contributed by atoms with Gasteiger partial charge in [-0.3, -0.25) is 9.59 Å². The molecule has 0 spiro atoms. The van der Waals surface area contributed by atoms with Crippen molar-refractivity contribution < 1.29 is 9.59 Å². The minimum atomic E-state index is -0.434. The maximum absolute atomic E-state index is 11.8. The first-order chi connectivity index (χ1) is 9.11. The van der Waals surface area contributed by atoms with Crippen molar-refractivity contribution in [3.05, 3.63) is 41.0 Å². The Hall–Kier alpha value is -2.14. The number of amides is 2. The zero-order valence-electron chi connectivity index (χ0n) is 10.2. The summed E-state index contributed by atoms with van der Waals surface area (Å²) >= 11 is 6.10. The van der Waals surface area contributed by atoms with Gasteiger partial charge in [-0.15, -0.1) is 0 Å². The Morgan fingerprint density at radius 2 is 2.05 bits per heavy atom. The number of rotatable bonds is 3. The van der Waals surface area contributed by atoms with Gasteiger partial charge in [-0.25, -0.2) is 4.98 Å². The molecule has 98 valence electrons. The SMILES string of the molecule is CNC(=O)CNC(=O)c1cc(Cl)c2ccccc2n1. The van der Waals surface area contributed by atoms with Crippen LogP contribution in [0.2, 0.25) is 5.02 Å². The Morgan fingerprint density at radius 3 is 2.79 bits per heavy atom. The van der Waals surface area contributed by atoms with Gasteiger partial charge >= 0.3 is 0 Å². The number of carbonyl (C=O) groups is 2. The molecule has 0 saturated heterocycles. The van der Waals surface area contributed by atoms with E-state index >= 15 is 0 Å². The lowest BCUT2D eigenvalue weighted by atomic mass is 10.2. The maximum atomic E-state index is 11.8. The number of likely N-dealkylation sites (N-methyl/N-ethyl adjacent to an activating group) is 1.